The number of nitrogens with one attached hydrogen (secondary N) is 1. The van der Waals surface area contributed by atoms with Crippen molar-refractivity contribution in [3.63, 3.8) is 0 Å². The van der Waals surface area contributed by atoms with Gasteiger partial charge in [-0.25, -0.2) is 8.42 Å². The van der Waals surface area contributed by atoms with E-state index in [9.17, 15) is 23.3 Å². The highest BCUT2D eigenvalue weighted by atomic mass is 35.5. The molecular weight excluding hydrogens is 394 g/mol. The van der Waals surface area contributed by atoms with Crippen LogP contribution in [0, 0.1) is 17.0 Å². The Morgan fingerprint density at radius 1 is 1.26 bits per heavy atom. The van der Waals surface area contributed by atoms with Gasteiger partial charge in [-0.2, -0.15) is 0 Å². The fourth-order valence-corrected chi connectivity index (χ4v) is 3.81. The number of hydrogen-bond acceptors (Lipinski definition) is 5. The zero-order valence-electron chi connectivity index (χ0n) is 14.8. The van der Waals surface area contributed by atoms with Crippen LogP contribution in [0.15, 0.2) is 42.5 Å². The summed E-state index contributed by atoms with van der Waals surface area (Å²) in [6, 6.07) is 8.94. The van der Waals surface area contributed by atoms with Crippen molar-refractivity contribution in [2.75, 3.05) is 15.9 Å². The van der Waals surface area contributed by atoms with Gasteiger partial charge in [0.25, 0.3) is 5.69 Å². The van der Waals surface area contributed by atoms with E-state index in [1.54, 1.807) is 19.1 Å². The van der Waals surface area contributed by atoms with Gasteiger partial charge in [-0.1, -0.05) is 23.7 Å². The zero-order valence-corrected chi connectivity index (χ0v) is 16.4. The van der Waals surface area contributed by atoms with E-state index in [-0.39, 0.29) is 17.1 Å². The van der Waals surface area contributed by atoms with Gasteiger partial charge in [0.2, 0.25) is 15.9 Å². The van der Waals surface area contributed by atoms with Crippen molar-refractivity contribution < 1.29 is 18.1 Å². The van der Waals surface area contributed by atoms with E-state index in [0.717, 1.165) is 16.1 Å². The van der Waals surface area contributed by atoms with Gasteiger partial charge in [-0.3, -0.25) is 19.2 Å². The van der Waals surface area contributed by atoms with E-state index in [1.807, 2.05) is 0 Å². The Kier molecular flexibility index (Phi) is 6.07. The lowest BCUT2D eigenvalue weighted by Crippen LogP contribution is -2.45. The number of hydrogen-bond donors (Lipinski definition) is 1. The molecule has 2 aromatic rings. The van der Waals surface area contributed by atoms with Crippen LogP contribution in [0.3, 0.4) is 0 Å². The van der Waals surface area contributed by atoms with Crippen molar-refractivity contribution >= 4 is 44.6 Å². The fourth-order valence-electron chi connectivity index (χ4n) is 2.47. The molecule has 0 aliphatic carbocycles. The topological polar surface area (TPSA) is 110 Å². The summed E-state index contributed by atoms with van der Waals surface area (Å²) in [5.41, 5.74) is 1.01. The molecule has 0 saturated heterocycles. The molecule has 0 aliphatic heterocycles. The van der Waals surface area contributed by atoms with Crippen LogP contribution in [0.25, 0.3) is 0 Å². The van der Waals surface area contributed by atoms with E-state index in [2.05, 4.69) is 5.32 Å². The van der Waals surface area contributed by atoms with Crippen molar-refractivity contribution in [2.24, 2.45) is 0 Å². The van der Waals surface area contributed by atoms with Crippen LogP contribution in [0.4, 0.5) is 17.1 Å². The Morgan fingerprint density at radius 3 is 2.48 bits per heavy atom. The fraction of sp³-hybridized carbons (Fsp3) is 0.235. The van der Waals surface area contributed by atoms with Gasteiger partial charge in [0, 0.05) is 22.8 Å². The average Bonchev–Trinajstić information content (AvgIpc) is 2.57. The summed E-state index contributed by atoms with van der Waals surface area (Å²) in [6.45, 7) is 3.19. The minimum absolute atomic E-state index is 0.189. The van der Waals surface area contributed by atoms with E-state index in [1.165, 1.54) is 37.3 Å². The Bertz CT molecular complexity index is 994. The molecule has 0 saturated carbocycles. The molecule has 1 N–H and O–H groups in total. The van der Waals surface area contributed by atoms with Crippen LogP contribution >= 0.6 is 11.6 Å². The van der Waals surface area contributed by atoms with Crippen molar-refractivity contribution in [1.82, 2.24) is 0 Å². The van der Waals surface area contributed by atoms with E-state index >= 15 is 0 Å². The van der Waals surface area contributed by atoms with E-state index < -0.39 is 26.9 Å². The number of nitro benzene ring substituents is 1. The molecule has 0 bridgehead atoms. The van der Waals surface area contributed by atoms with Crippen molar-refractivity contribution in [3.8, 4) is 0 Å². The van der Waals surface area contributed by atoms with Gasteiger partial charge < -0.3 is 5.32 Å². The molecule has 0 radical (unpaired) electrons. The number of aryl methyl sites for hydroxylation is 1. The molecule has 2 rings (SSSR count). The minimum Gasteiger partial charge on any atom is -0.324 e. The number of amides is 1. The highest BCUT2D eigenvalue weighted by molar-refractivity contribution is 7.92. The molecule has 8 nitrogen and oxygen atoms in total. The molecule has 10 heteroatoms. The standard InChI is InChI=1S/C17H18ClN3O5S/c1-11-7-8-14(10-16(11)18)20(27(3,25)26)12(2)17(22)19-13-5-4-6-15(9-13)21(23)24/h4-10,12H,1-3H3,(H,19,22)/t12-/m0/s1. The van der Waals surface area contributed by atoms with E-state index in [0.29, 0.717) is 5.02 Å². The number of carbonyl (C=O) groups is 1. The molecule has 0 fully saturated rings. The molecule has 0 aliphatic rings. The first-order valence-corrected chi connectivity index (χ1v) is 10.0. The predicted octanol–water partition coefficient (Wildman–Crippen LogP) is 3.35. The minimum atomic E-state index is -3.80. The van der Waals surface area contributed by atoms with Crippen LogP contribution < -0.4 is 9.62 Å². The van der Waals surface area contributed by atoms with Gasteiger partial charge in [0.1, 0.15) is 6.04 Å². The lowest BCUT2D eigenvalue weighted by atomic mass is 10.2. The highest BCUT2D eigenvalue weighted by Gasteiger charge is 2.29. The van der Waals surface area contributed by atoms with Gasteiger partial charge in [0.05, 0.1) is 16.9 Å². The van der Waals surface area contributed by atoms with Crippen LogP contribution in [0.2, 0.25) is 5.02 Å². The molecule has 0 unspecified atom stereocenters. The van der Waals surface area contributed by atoms with Crippen LogP contribution in [0.1, 0.15) is 12.5 Å². The third kappa shape index (κ3) is 4.95. The Balaban J connectivity index is 2.33. The van der Waals surface area contributed by atoms with Gasteiger partial charge >= 0.3 is 0 Å². The maximum Gasteiger partial charge on any atom is 0.271 e. The second-order valence-corrected chi connectivity index (χ2v) is 8.23. The first-order chi connectivity index (χ1) is 12.5. The van der Waals surface area contributed by atoms with E-state index in [4.69, 9.17) is 11.6 Å². The van der Waals surface area contributed by atoms with Gasteiger partial charge in [-0.05, 0) is 37.6 Å². The number of nitrogens with zero attached hydrogens (tertiary/aromatic N) is 2. The van der Waals surface area contributed by atoms with Crippen LogP contribution in [0.5, 0.6) is 0 Å². The molecule has 0 aromatic heterocycles. The number of carbonyl (C=O) groups excluding carboxylic acids is 1. The summed E-state index contributed by atoms with van der Waals surface area (Å²) >= 11 is 6.08. The highest BCUT2D eigenvalue weighted by Crippen LogP contribution is 2.27. The summed E-state index contributed by atoms with van der Waals surface area (Å²) in [5.74, 6) is -0.641. The number of halogens is 1. The number of anilines is 2. The molecule has 2 aromatic carbocycles. The van der Waals surface area contributed by atoms with Crippen LogP contribution in [-0.2, 0) is 14.8 Å². The Labute approximate surface area is 162 Å². The number of nitro groups is 1. The van der Waals surface area contributed by atoms with Gasteiger partial charge in [-0.15, -0.1) is 0 Å². The monoisotopic (exact) mass is 411 g/mol. The SMILES string of the molecule is Cc1ccc(N([C@@H](C)C(=O)Nc2cccc([N+](=O)[O-])c2)S(C)(=O)=O)cc1Cl. The molecule has 1 atom stereocenters. The molecule has 1 amide bonds. The smallest absolute Gasteiger partial charge is 0.271 e. The number of non-ortho nitro benzene ring substituents is 1. The lowest BCUT2D eigenvalue weighted by molar-refractivity contribution is -0.384. The second kappa shape index (κ2) is 7.93. The quantitative estimate of drug-likeness (QED) is 0.579. The zero-order chi connectivity index (χ0) is 20.4. The Morgan fingerprint density at radius 2 is 1.93 bits per heavy atom. The van der Waals surface area contributed by atoms with Crippen molar-refractivity contribution in [2.45, 2.75) is 19.9 Å². The number of rotatable bonds is 6. The molecule has 27 heavy (non-hydrogen) atoms. The first-order valence-electron chi connectivity index (χ1n) is 7.81. The average molecular weight is 412 g/mol. The maximum atomic E-state index is 12.6. The first kappa shape index (κ1) is 20.7. The molecule has 144 valence electrons. The summed E-state index contributed by atoms with van der Waals surface area (Å²) in [6.07, 6.45) is 0.984. The molecule has 0 heterocycles. The summed E-state index contributed by atoms with van der Waals surface area (Å²) in [7, 11) is -3.80. The molecular formula is C17H18ClN3O5S. The van der Waals surface area contributed by atoms with Crippen LogP contribution in [-0.4, -0.2) is 31.5 Å². The third-order valence-electron chi connectivity index (χ3n) is 3.82. The number of sulfonamides is 1. The summed E-state index contributed by atoms with van der Waals surface area (Å²) < 4.78 is 25.5. The lowest BCUT2D eigenvalue weighted by Gasteiger charge is -2.28. The summed E-state index contributed by atoms with van der Waals surface area (Å²) in [4.78, 5) is 22.8. The van der Waals surface area contributed by atoms with Crippen molar-refractivity contribution in [1.29, 1.82) is 0 Å². The Hall–Kier alpha value is -2.65. The maximum absolute atomic E-state index is 12.6. The predicted molar refractivity (Wildman–Crippen MR) is 105 cm³/mol. The second-order valence-electron chi connectivity index (χ2n) is 5.96. The van der Waals surface area contributed by atoms with Gasteiger partial charge in [0.15, 0.2) is 0 Å². The van der Waals surface area contributed by atoms with Crippen molar-refractivity contribution in [3.05, 3.63) is 63.2 Å². The molecule has 0 spiro atoms. The largest absolute Gasteiger partial charge is 0.324 e. The normalized spacial score (nSPS) is 12.3. The number of benzene rings is 2. The third-order valence-corrected chi connectivity index (χ3v) is 5.47. The summed E-state index contributed by atoms with van der Waals surface area (Å²) in [5, 5.41) is 13.7.